The minimum Gasteiger partial charge on any atom is -0.398 e. The van der Waals surface area contributed by atoms with Crippen LogP contribution in [0.25, 0.3) is 0 Å². The van der Waals surface area contributed by atoms with E-state index in [1.165, 1.54) is 0 Å². The van der Waals surface area contributed by atoms with Gasteiger partial charge in [0.25, 0.3) is 0 Å². The normalized spacial score (nSPS) is 19.6. The number of hydrogen-bond acceptors (Lipinski definition) is 3. The maximum absolute atomic E-state index is 10.2. The van der Waals surface area contributed by atoms with Gasteiger partial charge < -0.3 is 15.6 Å². The maximum Gasteiger partial charge on any atom is 0.0839 e. The standard InChI is InChI=1S/C12H16ClNO2/c13-9-1-2-10(11(14)7-9)12(15)8-3-5-16-6-4-8/h1-2,7-8,12,15H,3-6,14H2. The molecule has 0 bridgehead atoms. The fourth-order valence-electron chi connectivity index (χ4n) is 2.10. The largest absolute Gasteiger partial charge is 0.398 e. The Hall–Kier alpha value is -0.770. The van der Waals surface area contributed by atoms with Crippen LogP contribution in [0.4, 0.5) is 5.69 Å². The molecule has 1 heterocycles. The molecule has 0 amide bonds. The molecule has 1 aliphatic rings. The van der Waals surface area contributed by atoms with Gasteiger partial charge in [0.15, 0.2) is 0 Å². The number of ether oxygens (including phenoxy) is 1. The zero-order chi connectivity index (χ0) is 11.5. The highest BCUT2D eigenvalue weighted by molar-refractivity contribution is 6.30. The molecule has 1 atom stereocenters. The lowest BCUT2D eigenvalue weighted by molar-refractivity contribution is 0.00746. The summed E-state index contributed by atoms with van der Waals surface area (Å²) in [6, 6.07) is 5.24. The molecule has 3 nitrogen and oxygen atoms in total. The Labute approximate surface area is 100 Å². The van der Waals surface area contributed by atoms with Gasteiger partial charge in [0.2, 0.25) is 0 Å². The maximum atomic E-state index is 10.2. The first kappa shape index (κ1) is 11.7. The van der Waals surface area contributed by atoms with E-state index in [9.17, 15) is 5.11 Å². The van der Waals surface area contributed by atoms with Crippen LogP contribution < -0.4 is 5.73 Å². The first-order valence-electron chi connectivity index (χ1n) is 5.49. The first-order chi connectivity index (χ1) is 7.68. The topological polar surface area (TPSA) is 55.5 Å². The van der Waals surface area contributed by atoms with E-state index < -0.39 is 6.10 Å². The first-order valence-corrected chi connectivity index (χ1v) is 5.87. The van der Waals surface area contributed by atoms with Gasteiger partial charge in [-0.25, -0.2) is 0 Å². The Kier molecular flexibility index (Phi) is 3.69. The number of anilines is 1. The molecule has 0 saturated carbocycles. The van der Waals surface area contributed by atoms with Gasteiger partial charge >= 0.3 is 0 Å². The third-order valence-corrected chi connectivity index (χ3v) is 3.32. The summed E-state index contributed by atoms with van der Waals surface area (Å²) in [5.41, 5.74) is 7.19. The molecule has 1 aliphatic heterocycles. The number of rotatable bonds is 2. The summed E-state index contributed by atoms with van der Waals surface area (Å²) in [6.45, 7) is 1.43. The molecule has 1 saturated heterocycles. The second kappa shape index (κ2) is 5.04. The highest BCUT2D eigenvalue weighted by Gasteiger charge is 2.24. The molecular weight excluding hydrogens is 226 g/mol. The van der Waals surface area contributed by atoms with Crippen molar-refractivity contribution < 1.29 is 9.84 Å². The predicted octanol–water partition coefficient (Wildman–Crippen LogP) is 2.38. The summed E-state index contributed by atoms with van der Waals surface area (Å²) in [5, 5.41) is 10.8. The monoisotopic (exact) mass is 241 g/mol. The van der Waals surface area contributed by atoms with E-state index in [2.05, 4.69) is 0 Å². The van der Waals surface area contributed by atoms with Gasteiger partial charge in [-0.05, 0) is 30.9 Å². The third-order valence-electron chi connectivity index (χ3n) is 3.08. The fraction of sp³-hybridized carbons (Fsp3) is 0.500. The number of aliphatic hydroxyl groups excluding tert-OH is 1. The van der Waals surface area contributed by atoms with Crippen molar-refractivity contribution in [3.8, 4) is 0 Å². The molecule has 0 aromatic heterocycles. The molecule has 1 aromatic rings. The lowest BCUT2D eigenvalue weighted by atomic mass is 9.89. The molecule has 4 heteroatoms. The Balaban J connectivity index is 2.15. The van der Waals surface area contributed by atoms with Crippen LogP contribution in [0, 0.1) is 5.92 Å². The summed E-state index contributed by atoms with van der Waals surface area (Å²) in [7, 11) is 0. The molecule has 0 spiro atoms. The lowest BCUT2D eigenvalue weighted by Crippen LogP contribution is -2.22. The highest BCUT2D eigenvalue weighted by atomic mass is 35.5. The van der Waals surface area contributed by atoms with Crippen LogP contribution in [-0.2, 0) is 4.74 Å². The highest BCUT2D eigenvalue weighted by Crippen LogP contribution is 2.33. The van der Waals surface area contributed by atoms with Crippen LogP contribution in [0.1, 0.15) is 24.5 Å². The number of benzene rings is 1. The van der Waals surface area contributed by atoms with E-state index in [4.69, 9.17) is 22.1 Å². The van der Waals surface area contributed by atoms with Crippen LogP contribution in [0.5, 0.6) is 0 Å². The van der Waals surface area contributed by atoms with E-state index in [0.29, 0.717) is 10.7 Å². The molecule has 88 valence electrons. The second-order valence-corrected chi connectivity index (χ2v) is 4.60. The number of nitrogens with two attached hydrogens (primary N) is 1. The summed E-state index contributed by atoms with van der Waals surface area (Å²) in [4.78, 5) is 0. The Morgan fingerprint density at radius 2 is 2.06 bits per heavy atom. The lowest BCUT2D eigenvalue weighted by Gasteiger charge is -2.27. The quantitative estimate of drug-likeness (QED) is 0.782. The zero-order valence-corrected chi connectivity index (χ0v) is 9.78. The molecule has 1 aromatic carbocycles. The fourth-order valence-corrected chi connectivity index (χ4v) is 2.28. The SMILES string of the molecule is Nc1cc(Cl)ccc1C(O)C1CCOCC1. The molecule has 3 N–H and O–H groups in total. The smallest absolute Gasteiger partial charge is 0.0839 e. The van der Waals surface area contributed by atoms with Crippen molar-refractivity contribution in [2.24, 2.45) is 5.92 Å². The van der Waals surface area contributed by atoms with Crippen LogP contribution >= 0.6 is 11.6 Å². The number of hydrogen-bond donors (Lipinski definition) is 2. The van der Waals surface area contributed by atoms with E-state index >= 15 is 0 Å². The van der Waals surface area contributed by atoms with Gasteiger partial charge in [0.05, 0.1) is 6.10 Å². The van der Waals surface area contributed by atoms with Gasteiger partial charge in [0, 0.05) is 29.5 Å². The van der Waals surface area contributed by atoms with Crippen molar-refractivity contribution in [2.45, 2.75) is 18.9 Å². The molecule has 0 aliphatic carbocycles. The van der Waals surface area contributed by atoms with Crippen LogP contribution in [-0.4, -0.2) is 18.3 Å². The van der Waals surface area contributed by atoms with Crippen LogP contribution in [0.3, 0.4) is 0 Å². The number of aliphatic hydroxyl groups is 1. The molecule has 2 rings (SSSR count). The van der Waals surface area contributed by atoms with Gasteiger partial charge in [-0.1, -0.05) is 17.7 Å². The minimum atomic E-state index is -0.513. The second-order valence-electron chi connectivity index (χ2n) is 4.17. The van der Waals surface area contributed by atoms with Gasteiger partial charge in [0.1, 0.15) is 0 Å². The van der Waals surface area contributed by atoms with Crippen molar-refractivity contribution in [1.82, 2.24) is 0 Å². The minimum absolute atomic E-state index is 0.234. The summed E-state index contributed by atoms with van der Waals surface area (Å²) in [6.07, 6.45) is 1.24. The van der Waals surface area contributed by atoms with Crippen LogP contribution in [0.2, 0.25) is 5.02 Å². The van der Waals surface area contributed by atoms with Crippen molar-refractivity contribution in [3.63, 3.8) is 0 Å². The molecule has 1 unspecified atom stereocenters. The summed E-state index contributed by atoms with van der Waals surface area (Å²) in [5.74, 6) is 0.234. The molecular formula is C12H16ClNO2. The van der Waals surface area contributed by atoms with E-state index in [0.717, 1.165) is 31.6 Å². The molecule has 0 radical (unpaired) electrons. The van der Waals surface area contributed by atoms with Crippen molar-refractivity contribution in [1.29, 1.82) is 0 Å². The number of halogens is 1. The Morgan fingerprint density at radius 3 is 2.69 bits per heavy atom. The van der Waals surface area contributed by atoms with Crippen molar-refractivity contribution in [3.05, 3.63) is 28.8 Å². The summed E-state index contributed by atoms with van der Waals surface area (Å²) < 4.78 is 5.27. The average Bonchev–Trinajstić information content (AvgIpc) is 2.29. The van der Waals surface area contributed by atoms with Gasteiger partial charge in [-0.15, -0.1) is 0 Å². The van der Waals surface area contributed by atoms with E-state index in [1.807, 2.05) is 0 Å². The van der Waals surface area contributed by atoms with E-state index in [1.54, 1.807) is 18.2 Å². The Morgan fingerprint density at radius 1 is 1.38 bits per heavy atom. The van der Waals surface area contributed by atoms with E-state index in [-0.39, 0.29) is 5.92 Å². The van der Waals surface area contributed by atoms with Gasteiger partial charge in [-0.3, -0.25) is 0 Å². The average molecular weight is 242 g/mol. The molecule has 1 fully saturated rings. The number of nitrogen functional groups attached to an aromatic ring is 1. The predicted molar refractivity (Wildman–Crippen MR) is 64.4 cm³/mol. The van der Waals surface area contributed by atoms with Crippen LogP contribution in [0.15, 0.2) is 18.2 Å². The van der Waals surface area contributed by atoms with Gasteiger partial charge in [-0.2, -0.15) is 0 Å². The summed E-state index contributed by atoms with van der Waals surface area (Å²) >= 11 is 5.83. The zero-order valence-electron chi connectivity index (χ0n) is 9.03. The Bertz CT molecular complexity index is 364. The third kappa shape index (κ3) is 2.48. The molecule has 16 heavy (non-hydrogen) atoms. The van der Waals surface area contributed by atoms with Crippen molar-refractivity contribution in [2.75, 3.05) is 18.9 Å². The van der Waals surface area contributed by atoms with Crippen molar-refractivity contribution >= 4 is 17.3 Å².